The fraction of sp³-hybridized carbons (Fsp3) is 0.0714. The van der Waals surface area contributed by atoms with Crippen molar-refractivity contribution in [1.82, 2.24) is 9.55 Å². The molecule has 0 spiro atoms. The number of imidazole rings is 1. The molecule has 1 radical (unpaired) electrons. The molecule has 0 saturated carbocycles. The van der Waals surface area contributed by atoms with E-state index in [4.69, 9.17) is 11.6 Å². The first kappa shape index (κ1) is 10.4. The summed E-state index contributed by atoms with van der Waals surface area (Å²) in [4.78, 5) is 4.24. The highest BCUT2D eigenvalue weighted by molar-refractivity contribution is 6.31. The maximum Gasteiger partial charge on any atom is 0.177 e. The number of nitrogens with zero attached hydrogens (tertiary/aromatic N) is 2. The van der Waals surface area contributed by atoms with Crippen LogP contribution in [0.2, 0.25) is 5.02 Å². The summed E-state index contributed by atoms with van der Waals surface area (Å²) in [6.07, 6.45) is 3.00. The van der Waals surface area contributed by atoms with Crippen LogP contribution < -0.4 is 0 Å². The second-order valence-corrected chi connectivity index (χ2v) is 4.29. The van der Waals surface area contributed by atoms with Gasteiger partial charge in [0.2, 0.25) is 0 Å². The summed E-state index contributed by atoms with van der Waals surface area (Å²) in [5.41, 5.74) is 3.11. The summed E-state index contributed by atoms with van der Waals surface area (Å²) in [7, 11) is 0. The highest BCUT2D eigenvalue weighted by Gasteiger charge is 2.04. The smallest absolute Gasteiger partial charge is 0.177 e. The van der Waals surface area contributed by atoms with E-state index in [0.717, 1.165) is 21.6 Å². The minimum Gasteiger partial charge on any atom is -0.317 e. The average molecular weight is 242 g/mol. The van der Waals surface area contributed by atoms with E-state index in [2.05, 4.69) is 11.3 Å². The summed E-state index contributed by atoms with van der Waals surface area (Å²) in [6, 6.07) is 15.8. The van der Waals surface area contributed by atoms with E-state index in [1.165, 1.54) is 0 Å². The van der Waals surface area contributed by atoms with Gasteiger partial charge in [-0.05, 0) is 23.8 Å². The second-order valence-electron chi connectivity index (χ2n) is 3.88. The van der Waals surface area contributed by atoms with Crippen molar-refractivity contribution in [1.29, 1.82) is 0 Å². The zero-order valence-corrected chi connectivity index (χ0v) is 9.85. The summed E-state index contributed by atoms with van der Waals surface area (Å²) in [5, 5.41) is 0.777. The van der Waals surface area contributed by atoms with Crippen molar-refractivity contribution in [3.63, 3.8) is 0 Å². The van der Waals surface area contributed by atoms with E-state index in [9.17, 15) is 0 Å². The molecule has 0 fully saturated rings. The summed E-state index contributed by atoms with van der Waals surface area (Å²) < 4.78 is 1.98. The molecule has 2 nitrogen and oxygen atoms in total. The molecule has 0 N–H and O–H groups in total. The van der Waals surface area contributed by atoms with Crippen LogP contribution >= 0.6 is 11.6 Å². The Balaban J connectivity index is 2.03. The van der Waals surface area contributed by atoms with Crippen molar-refractivity contribution in [3.05, 3.63) is 65.4 Å². The molecule has 0 unspecified atom stereocenters. The van der Waals surface area contributed by atoms with Crippen LogP contribution in [-0.4, -0.2) is 9.55 Å². The van der Waals surface area contributed by atoms with Gasteiger partial charge in [0, 0.05) is 5.02 Å². The Hall–Kier alpha value is -1.80. The second kappa shape index (κ2) is 4.22. The monoisotopic (exact) mass is 241 g/mol. The Labute approximate surface area is 104 Å². The van der Waals surface area contributed by atoms with Crippen LogP contribution in [0.1, 0.15) is 5.56 Å². The number of halogens is 1. The Morgan fingerprint density at radius 1 is 1.06 bits per heavy atom. The Morgan fingerprint density at radius 3 is 2.71 bits per heavy atom. The molecule has 83 valence electrons. The zero-order valence-electron chi connectivity index (χ0n) is 9.10. The van der Waals surface area contributed by atoms with E-state index >= 15 is 0 Å². The third-order valence-electron chi connectivity index (χ3n) is 2.75. The van der Waals surface area contributed by atoms with Crippen molar-refractivity contribution in [2.75, 3.05) is 0 Å². The average Bonchev–Trinajstić information content (AvgIpc) is 2.76. The molecular weight excluding hydrogens is 232 g/mol. The maximum absolute atomic E-state index is 6.14. The lowest BCUT2D eigenvalue weighted by Gasteiger charge is -2.05. The highest BCUT2D eigenvalue weighted by Crippen LogP contribution is 2.19. The van der Waals surface area contributed by atoms with Crippen LogP contribution in [0.4, 0.5) is 0 Å². The first-order valence-corrected chi connectivity index (χ1v) is 5.79. The molecular formula is C14H10ClN2. The van der Waals surface area contributed by atoms with Crippen molar-refractivity contribution in [2.45, 2.75) is 6.54 Å². The van der Waals surface area contributed by atoms with Crippen molar-refractivity contribution in [3.8, 4) is 0 Å². The van der Waals surface area contributed by atoms with Crippen LogP contribution in [-0.2, 0) is 6.54 Å². The predicted octanol–water partition coefficient (Wildman–Crippen LogP) is 3.54. The highest BCUT2D eigenvalue weighted by atomic mass is 35.5. The van der Waals surface area contributed by atoms with Crippen LogP contribution in [0.3, 0.4) is 0 Å². The molecule has 3 rings (SSSR count). The number of hydrogen-bond acceptors (Lipinski definition) is 1. The maximum atomic E-state index is 6.14. The van der Waals surface area contributed by atoms with E-state index in [0.29, 0.717) is 6.54 Å². The zero-order chi connectivity index (χ0) is 11.7. The molecule has 3 heteroatoms. The van der Waals surface area contributed by atoms with E-state index in [1.807, 2.05) is 53.1 Å². The molecule has 0 aliphatic heterocycles. The van der Waals surface area contributed by atoms with Crippen molar-refractivity contribution >= 4 is 22.6 Å². The molecule has 0 aliphatic rings. The fourth-order valence-electron chi connectivity index (χ4n) is 1.87. The van der Waals surface area contributed by atoms with E-state index in [-0.39, 0.29) is 0 Å². The van der Waals surface area contributed by atoms with Gasteiger partial charge in [0.05, 0.1) is 17.6 Å². The SMILES string of the molecule is Clc1ccccc1Cn1[c]nc2ccccc21. The third-order valence-corrected chi connectivity index (χ3v) is 3.12. The first-order chi connectivity index (χ1) is 8.34. The van der Waals surface area contributed by atoms with Gasteiger partial charge in [0.15, 0.2) is 6.33 Å². The summed E-state index contributed by atoms with van der Waals surface area (Å²) >= 11 is 6.14. The topological polar surface area (TPSA) is 17.8 Å². The molecule has 0 saturated heterocycles. The molecule has 1 heterocycles. The largest absolute Gasteiger partial charge is 0.317 e. The minimum atomic E-state index is 0.695. The van der Waals surface area contributed by atoms with Gasteiger partial charge in [-0.1, -0.05) is 41.9 Å². The molecule has 1 aromatic heterocycles. The first-order valence-electron chi connectivity index (χ1n) is 5.41. The van der Waals surface area contributed by atoms with Gasteiger partial charge >= 0.3 is 0 Å². The number of para-hydroxylation sites is 2. The molecule has 2 aromatic carbocycles. The van der Waals surface area contributed by atoms with Gasteiger partial charge in [0.25, 0.3) is 0 Å². The number of benzene rings is 2. The van der Waals surface area contributed by atoms with Gasteiger partial charge in [0.1, 0.15) is 0 Å². The van der Waals surface area contributed by atoms with Crippen molar-refractivity contribution in [2.24, 2.45) is 0 Å². The van der Waals surface area contributed by atoms with Crippen LogP contribution in [0.15, 0.2) is 48.5 Å². The van der Waals surface area contributed by atoms with Gasteiger partial charge in [-0.25, -0.2) is 4.98 Å². The number of hydrogen-bond donors (Lipinski definition) is 0. The number of rotatable bonds is 2. The Kier molecular flexibility index (Phi) is 2.57. The minimum absolute atomic E-state index is 0.695. The molecule has 0 aliphatic carbocycles. The van der Waals surface area contributed by atoms with E-state index in [1.54, 1.807) is 0 Å². The van der Waals surface area contributed by atoms with Gasteiger partial charge in [-0.15, -0.1) is 0 Å². The lowest BCUT2D eigenvalue weighted by atomic mass is 10.2. The predicted molar refractivity (Wildman–Crippen MR) is 69.1 cm³/mol. The number of fused-ring (bicyclic) bond motifs is 1. The molecule has 17 heavy (non-hydrogen) atoms. The Bertz CT molecular complexity index is 658. The van der Waals surface area contributed by atoms with Crippen LogP contribution in [0.5, 0.6) is 0 Å². The lowest BCUT2D eigenvalue weighted by Crippen LogP contribution is -1.98. The molecule has 0 atom stereocenters. The lowest BCUT2D eigenvalue weighted by molar-refractivity contribution is 0.817. The quantitative estimate of drug-likeness (QED) is 0.671. The van der Waals surface area contributed by atoms with Gasteiger partial charge in [-0.2, -0.15) is 0 Å². The standard InChI is InChI=1S/C14H10ClN2/c15-12-6-2-1-5-11(12)9-17-10-16-13-7-3-4-8-14(13)17/h1-8H,9H2. The van der Waals surface area contributed by atoms with Crippen LogP contribution in [0.25, 0.3) is 11.0 Å². The fourth-order valence-corrected chi connectivity index (χ4v) is 2.07. The summed E-state index contributed by atoms with van der Waals surface area (Å²) in [6.45, 7) is 0.695. The van der Waals surface area contributed by atoms with E-state index < -0.39 is 0 Å². The van der Waals surface area contributed by atoms with Crippen LogP contribution in [0, 0.1) is 6.33 Å². The number of aromatic nitrogens is 2. The van der Waals surface area contributed by atoms with Gasteiger partial charge in [-0.3, -0.25) is 0 Å². The van der Waals surface area contributed by atoms with Gasteiger partial charge < -0.3 is 4.57 Å². The normalized spacial score (nSPS) is 10.9. The molecule has 0 bridgehead atoms. The van der Waals surface area contributed by atoms with Crippen molar-refractivity contribution < 1.29 is 0 Å². The molecule has 0 amide bonds. The third kappa shape index (κ3) is 1.92. The molecule has 3 aromatic rings. The Morgan fingerprint density at radius 2 is 1.82 bits per heavy atom. The summed E-state index contributed by atoms with van der Waals surface area (Å²) in [5.74, 6) is 0.